The molecule has 4 heteroatoms. The summed E-state index contributed by atoms with van der Waals surface area (Å²) in [5.41, 5.74) is 1.91. The smallest absolute Gasteiger partial charge is 0.343 e. The van der Waals surface area contributed by atoms with Gasteiger partial charge < -0.3 is 10.1 Å². The molecule has 3 rings (SSSR count). The SMILES string of the molecule is CCCCCNC(=O)CCCCCCCCCCc1cccc2cc(OC(=O)c3ccccc3)ccc12. The first-order valence-corrected chi connectivity index (χ1v) is 14.2. The molecule has 1 N–H and O–H groups in total. The summed E-state index contributed by atoms with van der Waals surface area (Å²) in [5, 5.41) is 5.36. The zero-order valence-corrected chi connectivity index (χ0v) is 22.5. The van der Waals surface area contributed by atoms with Crippen LogP contribution in [0, 0.1) is 0 Å². The van der Waals surface area contributed by atoms with Gasteiger partial charge in [0.1, 0.15) is 5.75 Å². The molecular weight excluding hydrogens is 458 g/mol. The molecule has 4 nitrogen and oxygen atoms in total. The van der Waals surface area contributed by atoms with Gasteiger partial charge in [0, 0.05) is 13.0 Å². The molecule has 3 aromatic rings. The second-order valence-corrected chi connectivity index (χ2v) is 9.94. The van der Waals surface area contributed by atoms with Crippen molar-refractivity contribution in [3.8, 4) is 5.75 Å². The lowest BCUT2D eigenvalue weighted by molar-refractivity contribution is -0.121. The van der Waals surface area contributed by atoms with E-state index in [-0.39, 0.29) is 11.9 Å². The Kier molecular flexibility index (Phi) is 12.7. The molecule has 0 aliphatic rings. The number of esters is 1. The molecule has 0 unspecified atom stereocenters. The molecule has 0 aromatic heterocycles. The number of nitrogens with one attached hydrogen (secondary N) is 1. The molecule has 0 heterocycles. The quantitative estimate of drug-likeness (QED) is 0.115. The van der Waals surface area contributed by atoms with Crippen LogP contribution < -0.4 is 10.1 Å². The number of unbranched alkanes of at least 4 members (excludes halogenated alkanes) is 9. The number of rotatable bonds is 17. The van der Waals surface area contributed by atoms with Crippen LogP contribution >= 0.6 is 0 Å². The van der Waals surface area contributed by atoms with Gasteiger partial charge in [0.05, 0.1) is 5.56 Å². The number of aryl methyl sites for hydroxylation is 1. The van der Waals surface area contributed by atoms with E-state index in [2.05, 4.69) is 36.5 Å². The summed E-state index contributed by atoms with van der Waals surface area (Å²) in [5.74, 6) is 0.458. The van der Waals surface area contributed by atoms with Crippen LogP contribution in [-0.4, -0.2) is 18.4 Å². The normalized spacial score (nSPS) is 10.9. The highest BCUT2D eigenvalue weighted by molar-refractivity contribution is 5.92. The number of amides is 1. The number of benzene rings is 3. The van der Waals surface area contributed by atoms with E-state index in [0.29, 0.717) is 17.7 Å². The Balaban J connectivity index is 1.29. The van der Waals surface area contributed by atoms with Gasteiger partial charge in [-0.1, -0.05) is 101 Å². The van der Waals surface area contributed by atoms with Gasteiger partial charge in [-0.3, -0.25) is 4.79 Å². The summed E-state index contributed by atoms with van der Waals surface area (Å²) in [7, 11) is 0. The van der Waals surface area contributed by atoms with Crippen molar-refractivity contribution in [3.63, 3.8) is 0 Å². The van der Waals surface area contributed by atoms with Gasteiger partial charge in [-0.25, -0.2) is 4.79 Å². The van der Waals surface area contributed by atoms with Gasteiger partial charge in [-0.05, 0) is 66.3 Å². The van der Waals surface area contributed by atoms with Gasteiger partial charge in [-0.2, -0.15) is 0 Å². The maximum atomic E-state index is 12.4. The standard InChI is InChI=1S/C33H43NO3/c1-2-3-15-25-34-32(35)22-14-9-7-5-4-6-8-11-17-27-20-16-21-29-26-30(23-24-31(27)29)37-33(36)28-18-12-10-13-19-28/h10,12-13,16,18-21,23-24,26H,2-9,11,14-15,17,22,25H2,1H3,(H,34,35). The molecule has 0 aliphatic heterocycles. The molecule has 1 amide bonds. The predicted molar refractivity (Wildman–Crippen MR) is 153 cm³/mol. The molecule has 0 bridgehead atoms. The Morgan fingerprint density at radius 1 is 0.730 bits per heavy atom. The van der Waals surface area contributed by atoms with Gasteiger partial charge in [-0.15, -0.1) is 0 Å². The average molecular weight is 502 g/mol. The first-order valence-electron chi connectivity index (χ1n) is 14.2. The molecule has 0 radical (unpaired) electrons. The summed E-state index contributed by atoms with van der Waals surface area (Å²) in [6, 6.07) is 21.4. The number of hydrogen-bond donors (Lipinski definition) is 1. The van der Waals surface area contributed by atoms with Crippen molar-refractivity contribution in [2.75, 3.05) is 6.54 Å². The third-order valence-electron chi connectivity index (χ3n) is 6.86. The lowest BCUT2D eigenvalue weighted by atomic mass is 9.98. The van der Waals surface area contributed by atoms with E-state index in [9.17, 15) is 9.59 Å². The highest BCUT2D eigenvalue weighted by Crippen LogP contribution is 2.26. The highest BCUT2D eigenvalue weighted by Gasteiger charge is 2.09. The molecule has 0 saturated carbocycles. The Morgan fingerprint density at radius 3 is 2.22 bits per heavy atom. The molecule has 198 valence electrons. The number of hydrogen-bond acceptors (Lipinski definition) is 3. The Morgan fingerprint density at radius 2 is 1.46 bits per heavy atom. The molecule has 0 spiro atoms. The number of carbonyl (C=O) groups is 2. The van der Waals surface area contributed by atoms with Crippen LogP contribution in [0.15, 0.2) is 66.7 Å². The van der Waals surface area contributed by atoms with Crippen molar-refractivity contribution >= 4 is 22.6 Å². The van der Waals surface area contributed by atoms with Crippen LogP contribution in [0.4, 0.5) is 0 Å². The van der Waals surface area contributed by atoms with Crippen molar-refractivity contribution in [3.05, 3.63) is 77.9 Å². The molecule has 0 saturated heterocycles. The second-order valence-electron chi connectivity index (χ2n) is 9.94. The van der Waals surface area contributed by atoms with Gasteiger partial charge in [0.15, 0.2) is 0 Å². The fraction of sp³-hybridized carbons (Fsp3) is 0.455. The molecule has 0 fully saturated rings. The van der Waals surface area contributed by atoms with E-state index in [4.69, 9.17) is 4.74 Å². The number of fused-ring (bicyclic) bond motifs is 1. The number of carbonyl (C=O) groups excluding carboxylic acids is 2. The topological polar surface area (TPSA) is 55.4 Å². The Labute approximate surface area is 222 Å². The minimum atomic E-state index is -0.334. The van der Waals surface area contributed by atoms with E-state index in [0.717, 1.165) is 37.6 Å². The Hall–Kier alpha value is -3.14. The van der Waals surface area contributed by atoms with Crippen LogP contribution in [0.2, 0.25) is 0 Å². The van der Waals surface area contributed by atoms with Gasteiger partial charge in [0.25, 0.3) is 0 Å². The first-order chi connectivity index (χ1) is 18.2. The lowest BCUT2D eigenvalue weighted by Gasteiger charge is -2.09. The fourth-order valence-corrected chi connectivity index (χ4v) is 4.70. The minimum Gasteiger partial charge on any atom is -0.423 e. The lowest BCUT2D eigenvalue weighted by Crippen LogP contribution is -2.23. The van der Waals surface area contributed by atoms with E-state index in [1.54, 1.807) is 12.1 Å². The second kappa shape index (κ2) is 16.6. The molecule has 37 heavy (non-hydrogen) atoms. The summed E-state index contributed by atoms with van der Waals surface area (Å²) in [6.45, 7) is 3.01. The molecule has 3 aromatic carbocycles. The van der Waals surface area contributed by atoms with Crippen molar-refractivity contribution in [1.82, 2.24) is 5.32 Å². The third-order valence-corrected chi connectivity index (χ3v) is 6.86. The fourth-order valence-electron chi connectivity index (χ4n) is 4.70. The van der Waals surface area contributed by atoms with Crippen LogP contribution in [-0.2, 0) is 11.2 Å². The van der Waals surface area contributed by atoms with Crippen LogP contribution in [0.3, 0.4) is 0 Å². The van der Waals surface area contributed by atoms with Crippen LogP contribution in [0.25, 0.3) is 10.8 Å². The summed E-state index contributed by atoms with van der Waals surface area (Å²) < 4.78 is 5.59. The Bertz CT molecular complexity index is 1090. The average Bonchev–Trinajstić information content (AvgIpc) is 2.92. The predicted octanol–water partition coefficient (Wildman–Crippen LogP) is 8.42. The number of ether oxygens (including phenoxy) is 1. The maximum absolute atomic E-state index is 12.4. The highest BCUT2D eigenvalue weighted by atomic mass is 16.5. The van der Waals surface area contributed by atoms with E-state index >= 15 is 0 Å². The maximum Gasteiger partial charge on any atom is 0.343 e. The van der Waals surface area contributed by atoms with E-state index in [1.807, 2.05) is 30.3 Å². The third kappa shape index (κ3) is 10.4. The summed E-state index contributed by atoms with van der Waals surface area (Å²) in [6.07, 6.45) is 14.8. The van der Waals surface area contributed by atoms with Crippen molar-refractivity contribution in [2.24, 2.45) is 0 Å². The van der Waals surface area contributed by atoms with Crippen LogP contribution in [0.5, 0.6) is 5.75 Å². The summed E-state index contributed by atoms with van der Waals surface area (Å²) in [4.78, 5) is 24.2. The summed E-state index contributed by atoms with van der Waals surface area (Å²) >= 11 is 0. The van der Waals surface area contributed by atoms with Crippen molar-refractivity contribution < 1.29 is 14.3 Å². The van der Waals surface area contributed by atoms with Gasteiger partial charge in [0.2, 0.25) is 5.91 Å². The van der Waals surface area contributed by atoms with E-state index < -0.39 is 0 Å². The monoisotopic (exact) mass is 501 g/mol. The van der Waals surface area contributed by atoms with E-state index in [1.165, 1.54) is 62.3 Å². The minimum absolute atomic E-state index is 0.217. The molecule has 0 atom stereocenters. The molecule has 0 aliphatic carbocycles. The van der Waals surface area contributed by atoms with Crippen molar-refractivity contribution in [1.29, 1.82) is 0 Å². The first kappa shape index (κ1) is 28.4. The zero-order chi connectivity index (χ0) is 26.1. The van der Waals surface area contributed by atoms with Crippen LogP contribution in [0.1, 0.15) is 99.9 Å². The largest absolute Gasteiger partial charge is 0.423 e. The van der Waals surface area contributed by atoms with Crippen molar-refractivity contribution in [2.45, 2.75) is 90.4 Å². The molecular formula is C33H43NO3. The van der Waals surface area contributed by atoms with Gasteiger partial charge >= 0.3 is 5.97 Å². The zero-order valence-electron chi connectivity index (χ0n) is 22.5.